The number of nitrogens with one attached hydrogen (secondary N) is 1. The van der Waals surface area contributed by atoms with Crippen LogP contribution in [0.3, 0.4) is 0 Å². The van der Waals surface area contributed by atoms with Gasteiger partial charge in [-0.3, -0.25) is 0 Å². The van der Waals surface area contributed by atoms with Crippen LogP contribution >= 0.6 is 0 Å². The third kappa shape index (κ3) is 4.69. The zero-order valence-corrected chi connectivity index (χ0v) is 15.6. The molecule has 0 fully saturated rings. The molecule has 0 aliphatic carbocycles. The quantitative estimate of drug-likeness (QED) is 0.508. The number of hydrogen-bond donors (Lipinski definition) is 1. The van der Waals surface area contributed by atoms with E-state index in [0.717, 1.165) is 24.6 Å². The second-order valence-corrected chi connectivity index (χ2v) is 7.06. The Balaban J connectivity index is 1.62. The van der Waals surface area contributed by atoms with E-state index < -0.39 is 11.7 Å². The van der Waals surface area contributed by atoms with Crippen molar-refractivity contribution in [3.8, 4) is 0 Å². The van der Waals surface area contributed by atoms with Crippen LogP contribution in [0.5, 0.6) is 0 Å². The lowest BCUT2D eigenvalue weighted by atomic mass is 9.95. The molecule has 3 aromatic rings. The standard InChI is InChI=1S/C23H24F3N/c1-16(19-9-5-10-20(15-19)23(24,25)26)13-14-27-17(2)21-12-6-8-18-7-3-4-11-22(18)21/h3-12,15-17,27H,13-14H2,1-2H3. The zero-order chi connectivity index (χ0) is 19.4. The first kappa shape index (κ1) is 19.4. The van der Waals surface area contributed by atoms with Crippen LogP contribution < -0.4 is 5.32 Å². The topological polar surface area (TPSA) is 12.0 Å². The van der Waals surface area contributed by atoms with Gasteiger partial charge < -0.3 is 5.32 Å². The van der Waals surface area contributed by atoms with Crippen LogP contribution in [-0.2, 0) is 6.18 Å². The normalized spacial score (nSPS) is 14.3. The van der Waals surface area contributed by atoms with Gasteiger partial charge in [0, 0.05) is 6.04 Å². The number of benzene rings is 3. The molecule has 1 N–H and O–H groups in total. The lowest BCUT2D eigenvalue weighted by Crippen LogP contribution is -2.21. The molecule has 0 saturated carbocycles. The van der Waals surface area contributed by atoms with E-state index in [1.807, 2.05) is 19.1 Å². The van der Waals surface area contributed by atoms with Crippen LogP contribution in [0, 0.1) is 0 Å². The summed E-state index contributed by atoms with van der Waals surface area (Å²) in [6.45, 7) is 4.83. The molecular weight excluding hydrogens is 347 g/mol. The highest BCUT2D eigenvalue weighted by Gasteiger charge is 2.30. The largest absolute Gasteiger partial charge is 0.416 e. The highest BCUT2D eigenvalue weighted by molar-refractivity contribution is 5.86. The van der Waals surface area contributed by atoms with Crippen molar-refractivity contribution in [2.24, 2.45) is 0 Å². The summed E-state index contributed by atoms with van der Waals surface area (Å²) in [5.74, 6) is 0.0551. The zero-order valence-electron chi connectivity index (χ0n) is 15.6. The molecular formula is C23H24F3N. The molecule has 0 bridgehead atoms. The number of fused-ring (bicyclic) bond motifs is 1. The van der Waals surface area contributed by atoms with Gasteiger partial charge in [-0.2, -0.15) is 13.2 Å². The van der Waals surface area contributed by atoms with Crippen molar-refractivity contribution in [1.82, 2.24) is 5.32 Å². The Labute approximate surface area is 158 Å². The summed E-state index contributed by atoms with van der Waals surface area (Å²) < 4.78 is 38.7. The van der Waals surface area contributed by atoms with Crippen molar-refractivity contribution in [2.45, 2.75) is 38.4 Å². The van der Waals surface area contributed by atoms with E-state index >= 15 is 0 Å². The summed E-state index contributed by atoms with van der Waals surface area (Å²) in [6.07, 6.45) is -3.52. The molecule has 0 aliphatic rings. The number of alkyl halides is 3. The van der Waals surface area contributed by atoms with Gasteiger partial charge in [-0.1, -0.05) is 67.6 Å². The summed E-state index contributed by atoms with van der Waals surface area (Å²) in [6, 6.07) is 20.4. The molecule has 2 atom stereocenters. The molecule has 3 aromatic carbocycles. The van der Waals surface area contributed by atoms with E-state index in [4.69, 9.17) is 0 Å². The van der Waals surface area contributed by atoms with Gasteiger partial charge in [0.25, 0.3) is 0 Å². The fourth-order valence-electron chi connectivity index (χ4n) is 3.44. The monoisotopic (exact) mass is 371 g/mol. The fourth-order valence-corrected chi connectivity index (χ4v) is 3.44. The molecule has 4 heteroatoms. The van der Waals surface area contributed by atoms with E-state index in [0.29, 0.717) is 0 Å². The molecule has 0 heterocycles. The second kappa shape index (κ2) is 8.13. The fraction of sp³-hybridized carbons (Fsp3) is 0.304. The van der Waals surface area contributed by atoms with Gasteiger partial charge in [0.15, 0.2) is 0 Å². The minimum Gasteiger partial charge on any atom is -0.310 e. The summed E-state index contributed by atoms with van der Waals surface area (Å²) in [5, 5.41) is 5.95. The summed E-state index contributed by atoms with van der Waals surface area (Å²) in [5.41, 5.74) is 1.38. The molecule has 0 spiro atoms. The number of hydrogen-bond acceptors (Lipinski definition) is 1. The van der Waals surface area contributed by atoms with Crippen LogP contribution in [0.4, 0.5) is 13.2 Å². The lowest BCUT2D eigenvalue weighted by molar-refractivity contribution is -0.137. The van der Waals surface area contributed by atoms with Crippen LogP contribution in [-0.4, -0.2) is 6.54 Å². The lowest BCUT2D eigenvalue weighted by Gasteiger charge is -2.19. The highest BCUT2D eigenvalue weighted by Crippen LogP contribution is 2.31. The number of halogens is 3. The molecule has 1 nitrogen and oxygen atoms in total. The molecule has 2 unspecified atom stereocenters. The van der Waals surface area contributed by atoms with Crippen LogP contribution in [0.25, 0.3) is 10.8 Å². The van der Waals surface area contributed by atoms with Gasteiger partial charge in [-0.15, -0.1) is 0 Å². The molecule has 0 saturated heterocycles. The van der Waals surface area contributed by atoms with Gasteiger partial charge in [0.1, 0.15) is 0 Å². The molecule has 0 radical (unpaired) electrons. The van der Waals surface area contributed by atoms with Gasteiger partial charge >= 0.3 is 6.18 Å². The smallest absolute Gasteiger partial charge is 0.310 e. The van der Waals surface area contributed by atoms with Crippen LogP contribution in [0.1, 0.15) is 48.9 Å². The molecule has 3 rings (SSSR count). The summed E-state index contributed by atoms with van der Waals surface area (Å²) in [4.78, 5) is 0. The third-order valence-electron chi connectivity index (χ3n) is 5.10. The van der Waals surface area contributed by atoms with Crippen molar-refractivity contribution in [3.05, 3.63) is 83.4 Å². The van der Waals surface area contributed by atoms with Gasteiger partial charge in [0.2, 0.25) is 0 Å². The molecule has 0 aliphatic heterocycles. The molecule has 142 valence electrons. The Bertz CT molecular complexity index is 896. The third-order valence-corrected chi connectivity index (χ3v) is 5.10. The van der Waals surface area contributed by atoms with Gasteiger partial charge in [-0.05, 0) is 53.8 Å². The Morgan fingerprint density at radius 3 is 2.37 bits per heavy atom. The average Bonchev–Trinajstić information content (AvgIpc) is 2.66. The van der Waals surface area contributed by atoms with Crippen LogP contribution in [0.15, 0.2) is 66.7 Å². The highest BCUT2D eigenvalue weighted by atomic mass is 19.4. The van der Waals surface area contributed by atoms with E-state index in [2.05, 4.69) is 42.6 Å². The van der Waals surface area contributed by atoms with E-state index in [1.165, 1.54) is 28.5 Å². The Hall–Kier alpha value is -2.33. The minimum atomic E-state index is -4.29. The number of rotatable bonds is 6. The Kier molecular flexibility index (Phi) is 5.85. The van der Waals surface area contributed by atoms with E-state index in [9.17, 15) is 13.2 Å². The maximum Gasteiger partial charge on any atom is 0.416 e. The predicted molar refractivity (Wildman–Crippen MR) is 105 cm³/mol. The van der Waals surface area contributed by atoms with E-state index in [1.54, 1.807) is 6.07 Å². The van der Waals surface area contributed by atoms with Crippen molar-refractivity contribution >= 4 is 10.8 Å². The maximum absolute atomic E-state index is 12.9. The van der Waals surface area contributed by atoms with Gasteiger partial charge in [-0.25, -0.2) is 0 Å². The second-order valence-electron chi connectivity index (χ2n) is 7.06. The first-order valence-corrected chi connectivity index (χ1v) is 9.24. The maximum atomic E-state index is 12.9. The van der Waals surface area contributed by atoms with E-state index in [-0.39, 0.29) is 12.0 Å². The molecule has 27 heavy (non-hydrogen) atoms. The average molecular weight is 371 g/mol. The first-order chi connectivity index (χ1) is 12.9. The Morgan fingerprint density at radius 1 is 0.889 bits per heavy atom. The van der Waals surface area contributed by atoms with Crippen LogP contribution in [0.2, 0.25) is 0 Å². The molecule has 0 aromatic heterocycles. The molecule has 0 amide bonds. The predicted octanol–water partition coefficient (Wildman–Crippen LogP) is 6.70. The SMILES string of the molecule is CC(CCNC(C)c1cccc2ccccc12)c1cccc(C(F)(F)F)c1. The first-order valence-electron chi connectivity index (χ1n) is 9.24. The van der Waals surface area contributed by atoms with Crippen molar-refractivity contribution < 1.29 is 13.2 Å². The van der Waals surface area contributed by atoms with Crippen molar-refractivity contribution in [3.63, 3.8) is 0 Å². The van der Waals surface area contributed by atoms with Crippen molar-refractivity contribution in [2.75, 3.05) is 6.54 Å². The van der Waals surface area contributed by atoms with Crippen molar-refractivity contribution in [1.29, 1.82) is 0 Å². The summed E-state index contributed by atoms with van der Waals surface area (Å²) >= 11 is 0. The summed E-state index contributed by atoms with van der Waals surface area (Å²) in [7, 11) is 0. The Morgan fingerprint density at radius 2 is 1.59 bits per heavy atom. The minimum absolute atomic E-state index is 0.0551. The van der Waals surface area contributed by atoms with Gasteiger partial charge in [0.05, 0.1) is 5.56 Å².